The first kappa shape index (κ1) is 8.41. The van der Waals surface area contributed by atoms with Crippen molar-refractivity contribution in [3.8, 4) is 0 Å². The highest BCUT2D eigenvalue weighted by Crippen LogP contribution is 2.36. The smallest absolute Gasteiger partial charge is 0.172 e. The molecular weight excluding hydrogens is 166 g/mol. The van der Waals surface area contributed by atoms with Crippen molar-refractivity contribution in [3.05, 3.63) is 11.4 Å². The molecule has 0 spiro atoms. The SMILES string of the molecule is CC(C)c1c(C=O)nnn1C1CC1. The quantitative estimate of drug-likeness (QED) is 0.661. The minimum Gasteiger partial charge on any atom is -0.296 e. The van der Waals surface area contributed by atoms with Gasteiger partial charge in [-0.25, -0.2) is 4.68 Å². The summed E-state index contributed by atoms with van der Waals surface area (Å²) in [7, 11) is 0. The fourth-order valence-corrected chi connectivity index (χ4v) is 1.55. The number of hydrogen-bond donors (Lipinski definition) is 0. The Labute approximate surface area is 76.9 Å². The zero-order valence-electron chi connectivity index (χ0n) is 7.90. The van der Waals surface area contributed by atoms with E-state index in [1.54, 1.807) is 0 Å². The number of aldehydes is 1. The molecule has 0 amide bonds. The molecule has 0 radical (unpaired) electrons. The predicted molar refractivity (Wildman–Crippen MR) is 47.8 cm³/mol. The van der Waals surface area contributed by atoms with E-state index >= 15 is 0 Å². The number of aromatic nitrogens is 3. The normalized spacial score (nSPS) is 16.5. The molecule has 0 bridgehead atoms. The second-order valence-corrected chi connectivity index (χ2v) is 3.81. The van der Waals surface area contributed by atoms with Crippen molar-refractivity contribution in [2.45, 2.75) is 38.6 Å². The fourth-order valence-electron chi connectivity index (χ4n) is 1.55. The van der Waals surface area contributed by atoms with E-state index in [4.69, 9.17) is 0 Å². The van der Waals surface area contributed by atoms with Crippen LogP contribution >= 0.6 is 0 Å². The van der Waals surface area contributed by atoms with Gasteiger partial charge in [0, 0.05) is 0 Å². The summed E-state index contributed by atoms with van der Waals surface area (Å²) in [6, 6.07) is 0.499. The number of rotatable bonds is 3. The van der Waals surface area contributed by atoms with Crippen molar-refractivity contribution in [3.63, 3.8) is 0 Å². The van der Waals surface area contributed by atoms with Crippen molar-refractivity contribution in [2.24, 2.45) is 0 Å². The Balaban J connectivity index is 2.43. The van der Waals surface area contributed by atoms with Gasteiger partial charge >= 0.3 is 0 Å². The molecule has 13 heavy (non-hydrogen) atoms. The van der Waals surface area contributed by atoms with Crippen LogP contribution in [0.15, 0.2) is 0 Å². The Hall–Kier alpha value is -1.19. The van der Waals surface area contributed by atoms with Crippen LogP contribution in [0.5, 0.6) is 0 Å². The lowest BCUT2D eigenvalue weighted by atomic mass is 10.1. The second-order valence-electron chi connectivity index (χ2n) is 3.81. The summed E-state index contributed by atoms with van der Waals surface area (Å²) in [5, 5.41) is 7.87. The monoisotopic (exact) mass is 179 g/mol. The molecule has 0 unspecified atom stereocenters. The largest absolute Gasteiger partial charge is 0.296 e. The van der Waals surface area contributed by atoms with Crippen LogP contribution in [-0.4, -0.2) is 21.3 Å². The van der Waals surface area contributed by atoms with Gasteiger partial charge in [-0.15, -0.1) is 5.10 Å². The van der Waals surface area contributed by atoms with Gasteiger partial charge in [-0.3, -0.25) is 4.79 Å². The average molecular weight is 179 g/mol. The van der Waals surface area contributed by atoms with Gasteiger partial charge in [0.25, 0.3) is 0 Å². The van der Waals surface area contributed by atoms with Crippen LogP contribution in [0.2, 0.25) is 0 Å². The number of nitrogens with zero attached hydrogens (tertiary/aromatic N) is 3. The van der Waals surface area contributed by atoms with E-state index in [1.807, 2.05) is 4.68 Å². The second kappa shape index (κ2) is 2.94. The molecule has 0 atom stereocenters. The minimum atomic E-state index is 0.316. The third-order valence-corrected chi connectivity index (χ3v) is 2.31. The molecule has 0 aliphatic heterocycles. The maximum Gasteiger partial charge on any atom is 0.172 e. The van der Waals surface area contributed by atoms with E-state index in [9.17, 15) is 4.79 Å². The van der Waals surface area contributed by atoms with Gasteiger partial charge < -0.3 is 0 Å². The highest BCUT2D eigenvalue weighted by molar-refractivity contribution is 5.73. The lowest BCUT2D eigenvalue weighted by molar-refractivity contribution is 0.111. The van der Waals surface area contributed by atoms with Crippen LogP contribution in [-0.2, 0) is 0 Å². The summed E-state index contributed by atoms with van der Waals surface area (Å²) in [5.74, 6) is 0.316. The third-order valence-electron chi connectivity index (χ3n) is 2.31. The Bertz CT molecular complexity index is 326. The number of carbonyl (C=O) groups excluding carboxylic acids is 1. The van der Waals surface area contributed by atoms with Crippen molar-refractivity contribution in [2.75, 3.05) is 0 Å². The summed E-state index contributed by atoms with van der Waals surface area (Å²) in [4.78, 5) is 10.7. The lowest BCUT2D eigenvalue weighted by Gasteiger charge is -2.07. The molecule has 2 rings (SSSR count). The van der Waals surface area contributed by atoms with Crippen LogP contribution in [0.4, 0.5) is 0 Å². The molecule has 1 aromatic rings. The zero-order chi connectivity index (χ0) is 9.42. The van der Waals surface area contributed by atoms with E-state index in [1.165, 1.54) is 12.8 Å². The maximum atomic E-state index is 10.7. The molecule has 70 valence electrons. The Kier molecular flexibility index (Phi) is 1.90. The Morgan fingerprint density at radius 1 is 1.54 bits per heavy atom. The molecule has 0 saturated heterocycles. The van der Waals surface area contributed by atoms with Gasteiger partial charge in [-0.05, 0) is 18.8 Å². The molecule has 1 fully saturated rings. The maximum absolute atomic E-state index is 10.7. The molecule has 1 heterocycles. The van der Waals surface area contributed by atoms with Crippen LogP contribution in [0.1, 0.15) is 54.8 Å². The van der Waals surface area contributed by atoms with E-state index in [2.05, 4.69) is 24.2 Å². The highest BCUT2D eigenvalue weighted by atomic mass is 16.1. The molecule has 4 nitrogen and oxygen atoms in total. The van der Waals surface area contributed by atoms with Gasteiger partial charge in [-0.1, -0.05) is 19.1 Å². The Morgan fingerprint density at radius 3 is 2.69 bits per heavy atom. The standard InChI is InChI=1S/C9H13N3O/c1-6(2)9-8(5-13)10-11-12(9)7-3-4-7/h5-7H,3-4H2,1-2H3. The van der Waals surface area contributed by atoms with E-state index in [-0.39, 0.29) is 0 Å². The van der Waals surface area contributed by atoms with Crippen LogP contribution in [0.3, 0.4) is 0 Å². The van der Waals surface area contributed by atoms with Crippen LogP contribution in [0.25, 0.3) is 0 Å². The first-order chi connectivity index (χ1) is 6.24. The zero-order valence-corrected chi connectivity index (χ0v) is 7.90. The number of carbonyl (C=O) groups is 1. The fraction of sp³-hybridized carbons (Fsp3) is 0.667. The average Bonchev–Trinajstić information content (AvgIpc) is 2.84. The first-order valence-corrected chi connectivity index (χ1v) is 4.64. The first-order valence-electron chi connectivity index (χ1n) is 4.64. The third kappa shape index (κ3) is 1.36. The van der Waals surface area contributed by atoms with E-state index in [0.29, 0.717) is 17.7 Å². The van der Waals surface area contributed by atoms with Crippen molar-refractivity contribution in [1.29, 1.82) is 0 Å². The molecule has 4 heteroatoms. The highest BCUT2D eigenvalue weighted by Gasteiger charge is 2.29. The molecule has 1 aromatic heterocycles. The Morgan fingerprint density at radius 2 is 2.23 bits per heavy atom. The van der Waals surface area contributed by atoms with Crippen molar-refractivity contribution >= 4 is 6.29 Å². The molecule has 1 aliphatic rings. The van der Waals surface area contributed by atoms with Gasteiger partial charge in [-0.2, -0.15) is 0 Å². The van der Waals surface area contributed by atoms with Crippen LogP contribution in [0, 0.1) is 0 Å². The van der Waals surface area contributed by atoms with Crippen molar-refractivity contribution in [1.82, 2.24) is 15.0 Å². The van der Waals surface area contributed by atoms with Gasteiger partial charge in [0.15, 0.2) is 6.29 Å². The summed E-state index contributed by atoms with van der Waals surface area (Å²) in [6.45, 7) is 4.12. The predicted octanol–water partition coefficient (Wildman–Crippen LogP) is 1.55. The summed E-state index contributed by atoms with van der Waals surface area (Å²) < 4.78 is 1.91. The molecular formula is C9H13N3O. The van der Waals surface area contributed by atoms with E-state index < -0.39 is 0 Å². The minimum absolute atomic E-state index is 0.316. The topological polar surface area (TPSA) is 47.8 Å². The van der Waals surface area contributed by atoms with Crippen molar-refractivity contribution < 1.29 is 4.79 Å². The number of hydrogen-bond acceptors (Lipinski definition) is 3. The summed E-state index contributed by atoms with van der Waals surface area (Å²) >= 11 is 0. The summed E-state index contributed by atoms with van der Waals surface area (Å²) in [6.07, 6.45) is 3.13. The van der Waals surface area contributed by atoms with Gasteiger partial charge in [0.1, 0.15) is 5.69 Å². The lowest BCUT2D eigenvalue weighted by Crippen LogP contribution is -2.05. The summed E-state index contributed by atoms with van der Waals surface area (Å²) in [5.41, 5.74) is 1.49. The van der Waals surface area contributed by atoms with Gasteiger partial charge in [0.2, 0.25) is 0 Å². The molecule has 1 saturated carbocycles. The van der Waals surface area contributed by atoms with Gasteiger partial charge in [0.05, 0.1) is 11.7 Å². The van der Waals surface area contributed by atoms with Crippen LogP contribution < -0.4 is 0 Å². The molecule has 1 aliphatic carbocycles. The molecule has 0 aromatic carbocycles. The molecule has 0 N–H and O–H groups in total. The van der Waals surface area contributed by atoms with E-state index in [0.717, 1.165) is 12.0 Å².